The van der Waals surface area contributed by atoms with Crippen molar-refractivity contribution < 1.29 is 14.1 Å². The zero-order chi connectivity index (χ0) is 17.6. The van der Waals surface area contributed by atoms with E-state index in [4.69, 9.17) is 20.9 Å². The summed E-state index contributed by atoms with van der Waals surface area (Å²) in [5.74, 6) is 2.57. The molecule has 1 aliphatic rings. The van der Waals surface area contributed by atoms with Gasteiger partial charge in [0.15, 0.2) is 5.82 Å². The number of aryl methyl sites for hydroxylation is 2. The van der Waals surface area contributed by atoms with Crippen molar-refractivity contribution in [3.63, 3.8) is 0 Å². The van der Waals surface area contributed by atoms with Crippen LogP contribution in [0.5, 0.6) is 5.75 Å². The lowest BCUT2D eigenvalue weighted by molar-refractivity contribution is -0.132. The van der Waals surface area contributed by atoms with Crippen molar-refractivity contribution in [2.75, 3.05) is 19.7 Å². The molecule has 25 heavy (non-hydrogen) atoms. The normalized spacial score (nSPS) is 15.4. The van der Waals surface area contributed by atoms with Crippen LogP contribution in [0.1, 0.15) is 31.0 Å². The van der Waals surface area contributed by atoms with E-state index < -0.39 is 0 Å². The third-order valence-corrected chi connectivity index (χ3v) is 4.64. The molecule has 2 aromatic rings. The third kappa shape index (κ3) is 5.19. The minimum absolute atomic E-state index is 0.146. The summed E-state index contributed by atoms with van der Waals surface area (Å²) in [4.78, 5) is 18.3. The van der Waals surface area contributed by atoms with Gasteiger partial charge < -0.3 is 14.2 Å². The molecular weight excluding hydrogens is 342 g/mol. The Hall–Kier alpha value is -2.08. The number of aromatic nitrogens is 2. The molecular formula is C18H22ClN3O3. The highest BCUT2D eigenvalue weighted by Gasteiger charge is 2.23. The lowest BCUT2D eigenvalue weighted by Crippen LogP contribution is -2.39. The number of benzene rings is 1. The molecule has 1 saturated heterocycles. The predicted octanol–water partition coefficient (Wildman–Crippen LogP) is 3.28. The van der Waals surface area contributed by atoms with E-state index in [1.54, 1.807) is 6.92 Å². The standard InChI is InChI=1S/C18H22ClN3O3/c1-13-20-17(25-21-13)6-7-18(23)22-10-8-14(9-11-22)12-24-16-4-2-15(19)3-5-16/h2-5,14H,6-12H2,1H3. The van der Waals surface area contributed by atoms with E-state index in [-0.39, 0.29) is 5.91 Å². The lowest BCUT2D eigenvalue weighted by Gasteiger charge is -2.32. The number of nitrogens with zero attached hydrogens (tertiary/aromatic N) is 3. The van der Waals surface area contributed by atoms with Gasteiger partial charge >= 0.3 is 0 Å². The van der Waals surface area contributed by atoms with E-state index in [0.29, 0.717) is 42.1 Å². The van der Waals surface area contributed by atoms with E-state index >= 15 is 0 Å². The van der Waals surface area contributed by atoms with Crippen LogP contribution < -0.4 is 4.74 Å². The highest BCUT2D eigenvalue weighted by Crippen LogP contribution is 2.21. The van der Waals surface area contributed by atoms with E-state index in [1.165, 1.54) is 0 Å². The number of carbonyl (C=O) groups is 1. The van der Waals surface area contributed by atoms with Gasteiger partial charge in [-0.2, -0.15) is 4.98 Å². The van der Waals surface area contributed by atoms with Gasteiger partial charge in [0.1, 0.15) is 5.75 Å². The number of carbonyl (C=O) groups excluding carboxylic acids is 1. The van der Waals surface area contributed by atoms with Gasteiger partial charge in [0.25, 0.3) is 0 Å². The topological polar surface area (TPSA) is 68.5 Å². The number of halogens is 1. The molecule has 0 N–H and O–H groups in total. The van der Waals surface area contributed by atoms with Crippen molar-refractivity contribution in [2.45, 2.75) is 32.6 Å². The molecule has 2 heterocycles. The van der Waals surface area contributed by atoms with Crippen LogP contribution in [-0.2, 0) is 11.2 Å². The Morgan fingerprint density at radius 1 is 1.32 bits per heavy atom. The first kappa shape index (κ1) is 17.7. The van der Waals surface area contributed by atoms with Crippen LogP contribution in [0.2, 0.25) is 5.02 Å². The molecule has 1 aromatic carbocycles. The number of ether oxygens (including phenoxy) is 1. The molecule has 0 unspecified atom stereocenters. The molecule has 1 amide bonds. The summed E-state index contributed by atoms with van der Waals surface area (Å²) in [6.45, 7) is 3.99. The molecule has 134 valence electrons. The van der Waals surface area contributed by atoms with Crippen molar-refractivity contribution in [1.29, 1.82) is 0 Å². The second kappa shape index (κ2) is 8.34. The first-order chi connectivity index (χ1) is 12.1. The monoisotopic (exact) mass is 363 g/mol. The molecule has 0 atom stereocenters. The molecule has 3 rings (SSSR count). The van der Waals surface area contributed by atoms with Gasteiger partial charge in [-0.1, -0.05) is 16.8 Å². The van der Waals surface area contributed by atoms with Gasteiger partial charge in [-0.15, -0.1) is 0 Å². The quantitative estimate of drug-likeness (QED) is 0.787. The van der Waals surface area contributed by atoms with Gasteiger partial charge in [-0.25, -0.2) is 0 Å². The Kier molecular flexibility index (Phi) is 5.91. The zero-order valence-corrected chi connectivity index (χ0v) is 15.0. The Morgan fingerprint density at radius 3 is 2.68 bits per heavy atom. The zero-order valence-electron chi connectivity index (χ0n) is 14.3. The fraction of sp³-hybridized carbons (Fsp3) is 0.500. The predicted molar refractivity (Wildman–Crippen MR) is 93.6 cm³/mol. The Balaban J connectivity index is 1.37. The summed E-state index contributed by atoms with van der Waals surface area (Å²) in [6.07, 6.45) is 2.82. The molecule has 1 fully saturated rings. The summed E-state index contributed by atoms with van der Waals surface area (Å²) in [7, 11) is 0. The maximum atomic E-state index is 12.3. The highest BCUT2D eigenvalue weighted by molar-refractivity contribution is 6.30. The number of hydrogen-bond acceptors (Lipinski definition) is 5. The second-order valence-corrected chi connectivity index (χ2v) is 6.76. The van der Waals surface area contributed by atoms with Crippen molar-refractivity contribution in [3.8, 4) is 5.75 Å². The summed E-state index contributed by atoms with van der Waals surface area (Å²) in [5.41, 5.74) is 0. The Morgan fingerprint density at radius 2 is 2.04 bits per heavy atom. The summed E-state index contributed by atoms with van der Waals surface area (Å²) < 4.78 is 10.9. The van der Waals surface area contributed by atoms with Crippen LogP contribution in [0.25, 0.3) is 0 Å². The molecule has 0 radical (unpaired) electrons. The first-order valence-electron chi connectivity index (χ1n) is 8.55. The SMILES string of the molecule is Cc1noc(CCC(=O)N2CCC(COc3ccc(Cl)cc3)CC2)n1. The molecule has 0 aliphatic carbocycles. The van der Waals surface area contributed by atoms with Crippen molar-refractivity contribution in [2.24, 2.45) is 5.92 Å². The minimum Gasteiger partial charge on any atom is -0.493 e. The lowest BCUT2D eigenvalue weighted by atomic mass is 9.97. The van der Waals surface area contributed by atoms with Crippen LogP contribution in [0.15, 0.2) is 28.8 Å². The molecule has 6 nitrogen and oxygen atoms in total. The Bertz CT molecular complexity index is 694. The summed E-state index contributed by atoms with van der Waals surface area (Å²) in [6, 6.07) is 7.40. The van der Waals surface area contributed by atoms with Gasteiger partial charge in [-0.3, -0.25) is 4.79 Å². The molecule has 0 saturated carbocycles. The molecule has 0 spiro atoms. The Labute approximate surface area is 152 Å². The second-order valence-electron chi connectivity index (χ2n) is 6.32. The number of hydrogen-bond donors (Lipinski definition) is 0. The van der Waals surface area contributed by atoms with Crippen LogP contribution in [0.4, 0.5) is 0 Å². The van der Waals surface area contributed by atoms with Crippen LogP contribution in [0, 0.1) is 12.8 Å². The average Bonchev–Trinajstić information content (AvgIpc) is 3.05. The van der Waals surface area contributed by atoms with Crippen molar-refractivity contribution in [1.82, 2.24) is 15.0 Å². The summed E-state index contributed by atoms with van der Waals surface area (Å²) >= 11 is 5.87. The first-order valence-corrected chi connectivity index (χ1v) is 8.93. The van der Waals surface area contributed by atoms with Gasteiger partial charge in [-0.05, 0) is 49.9 Å². The van der Waals surface area contributed by atoms with Crippen LogP contribution in [-0.4, -0.2) is 40.6 Å². The minimum atomic E-state index is 0.146. The van der Waals surface area contributed by atoms with E-state index in [9.17, 15) is 4.79 Å². The van der Waals surface area contributed by atoms with Gasteiger partial charge in [0.05, 0.1) is 6.61 Å². The molecule has 0 bridgehead atoms. The third-order valence-electron chi connectivity index (χ3n) is 4.39. The summed E-state index contributed by atoms with van der Waals surface area (Å²) in [5, 5.41) is 4.44. The van der Waals surface area contributed by atoms with E-state index in [1.807, 2.05) is 29.2 Å². The number of amides is 1. The molecule has 1 aromatic heterocycles. The van der Waals surface area contributed by atoms with Crippen LogP contribution in [0.3, 0.4) is 0 Å². The van der Waals surface area contributed by atoms with Crippen molar-refractivity contribution >= 4 is 17.5 Å². The fourth-order valence-corrected chi connectivity index (χ4v) is 3.03. The van der Waals surface area contributed by atoms with Crippen molar-refractivity contribution in [3.05, 3.63) is 41.0 Å². The fourth-order valence-electron chi connectivity index (χ4n) is 2.91. The van der Waals surface area contributed by atoms with Gasteiger partial charge in [0, 0.05) is 31.0 Å². The largest absolute Gasteiger partial charge is 0.493 e. The average molecular weight is 364 g/mol. The van der Waals surface area contributed by atoms with E-state index in [0.717, 1.165) is 31.7 Å². The number of rotatable bonds is 6. The van der Waals surface area contributed by atoms with Gasteiger partial charge in [0.2, 0.25) is 11.8 Å². The number of piperidine rings is 1. The van der Waals surface area contributed by atoms with E-state index in [2.05, 4.69) is 10.1 Å². The van der Waals surface area contributed by atoms with Crippen LogP contribution >= 0.6 is 11.6 Å². The molecule has 1 aliphatic heterocycles. The molecule has 7 heteroatoms. The maximum Gasteiger partial charge on any atom is 0.227 e. The number of likely N-dealkylation sites (tertiary alicyclic amines) is 1. The maximum absolute atomic E-state index is 12.3. The highest BCUT2D eigenvalue weighted by atomic mass is 35.5. The smallest absolute Gasteiger partial charge is 0.227 e.